The number of rotatable bonds is 5. The zero-order valence-corrected chi connectivity index (χ0v) is 8.33. The SMILES string of the molecule is COC(=O)CCCC(Br)C(=O)O. The van der Waals surface area contributed by atoms with Crippen LogP contribution in [-0.4, -0.2) is 29.0 Å². The summed E-state index contributed by atoms with van der Waals surface area (Å²) in [6.45, 7) is 0. The Morgan fingerprint density at radius 2 is 2.17 bits per heavy atom. The van der Waals surface area contributed by atoms with Gasteiger partial charge in [-0.2, -0.15) is 0 Å². The van der Waals surface area contributed by atoms with Gasteiger partial charge in [-0.05, 0) is 12.8 Å². The van der Waals surface area contributed by atoms with E-state index in [1.807, 2.05) is 0 Å². The monoisotopic (exact) mass is 238 g/mol. The van der Waals surface area contributed by atoms with Crippen molar-refractivity contribution in [2.75, 3.05) is 7.11 Å². The summed E-state index contributed by atoms with van der Waals surface area (Å²) in [5, 5.41) is 8.44. The molecule has 0 bridgehead atoms. The summed E-state index contributed by atoms with van der Waals surface area (Å²) in [5.41, 5.74) is 0. The van der Waals surface area contributed by atoms with Crippen LogP contribution in [0.4, 0.5) is 0 Å². The number of aliphatic carboxylic acids is 1. The molecule has 0 fully saturated rings. The summed E-state index contributed by atoms with van der Waals surface area (Å²) in [4.78, 5) is 20.3. The number of hydrogen-bond acceptors (Lipinski definition) is 3. The van der Waals surface area contributed by atoms with Gasteiger partial charge >= 0.3 is 11.9 Å². The summed E-state index contributed by atoms with van der Waals surface area (Å²) < 4.78 is 4.39. The number of carbonyl (C=O) groups is 2. The van der Waals surface area contributed by atoms with Crippen molar-refractivity contribution >= 4 is 27.9 Å². The van der Waals surface area contributed by atoms with E-state index in [4.69, 9.17) is 5.11 Å². The Morgan fingerprint density at radius 3 is 2.58 bits per heavy atom. The molecule has 0 aliphatic heterocycles. The van der Waals surface area contributed by atoms with E-state index in [9.17, 15) is 9.59 Å². The highest BCUT2D eigenvalue weighted by atomic mass is 79.9. The highest BCUT2D eigenvalue weighted by Crippen LogP contribution is 2.10. The van der Waals surface area contributed by atoms with Crippen molar-refractivity contribution in [3.8, 4) is 0 Å². The summed E-state index contributed by atoms with van der Waals surface area (Å²) in [5.74, 6) is -1.21. The molecule has 1 N–H and O–H groups in total. The Balaban J connectivity index is 3.43. The molecule has 0 aliphatic carbocycles. The summed E-state index contributed by atoms with van der Waals surface area (Å²) in [6.07, 6.45) is 1.23. The third kappa shape index (κ3) is 5.12. The minimum Gasteiger partial charge on any atom is -0.480 e. The van der Waals surface area contributed by atoms with Crippen LogP contribution < -0.4 is 0 Å². The average Bonchev–Trinajstić information content (AvgIpc) is 2.03. The van der Waals surface area contributed by atoms with Crippen molar-refractivity contribution in [3.63, 3.8) is 0 Å². The molecule has 0 aromatic carbocycles. The highest BCUT2D eigenvalue weighted by molar-refractivity contribution is 9.10. The van der Waals surface area contributed by atoms with Crippen molar-refractivity contribution in [2.45, 2.75) is 24.1 Å². The smallest absolute Gasteiger partial charge is 0.317 e. The Hall–Kier alpha value is -0.580. The molecule has 0 aromatic rings. The van der Waals surface area contributed by atoms with E-state index >= 15 is 0 Å². The maximum atomic E-state index is 10.6. The molecule has 0 radical (unpaired) electrons. The molecule has 70 valence electrons. The molecule has 12 heavy (non-hydrogen) atoms. The first-order valence-corrected chi connectivity index (χ1v) is 4.43. The van der Waals surface area contributed by atoms with Gasteiger partial charge < -0.3 is 9.84 Å². The van der Waals surface area contributed by atoms with Gasteiger partial charge in [-0.3, -0.25) is 9.59 Å². The first-order chi connectivity index (χ1) is 5.57. The molecule has 0 rings (SSSR count). The van der Waals surface area contributed by atoms with Crippen molar-refractivity contribution in [1.29, 1.82) is 0 Å². The van der Waals surface area contributed by atoms with Crippen molar-refractivity contribution < 1.29 is 19.4 Å². The van der Waals surface area contributed by atoms with Crippen LogP contribution in [-0.2, 0) is 14.3 Å². The van der Waals surface area contributed by atoms with E-state index in [2.05, 4.69) is 20.7 Å². The minimum atomic E-state index is -0.903. The van der Waals surface area contributed by atoms with Crippen LogP contribution in [0, 0.1) is 0 Å². The zero-order chi connectivity index (χ0) is 9.56. The van der Waals surface area contributed by atoms with Crippen LogP contribution >= 0.6 is 15.9 Å². The quantitative estimate of drug-likeness (QED) is 0.577. The Morgan fingerprint density at radius 1 is 1.58 bits per heavy atom. The lowest BCUT2D eigenvalue weighted by Crippen LogP contribution is -2.13. The third-order valence-corrected chi connectivity index (χ3v) is 2.18. The van der Waals surface area contributed by atoms with Crippen LogP contribution in [0.3, 0.4) is 0 Å². The van der Waals surface area contributed by atoms with E-state index in [1.165, 1.54) is 7.11 Å². The number of alkyl halides is 1. The molecule has 1 unspecified atom stereocenters. The lowest BCUT2D eigenvalue weighted by atomic mass is 10.2. The summed E-state index contributed by atoms with van der Waals surface area (Å²) in [7, 11) is 1.31. The molecule has 1 atom stereocenters. The number of carbonyl (C=O) groups excluding carboxylic acids is 1. The molecule has 5 heteroatoms. The standard InChI is InChI=1S/C7H11BrO4/c1-12-6(9)4-2-3-5(8)7(10)11/h5H,2-4H2,1H3,(H,10,11). The average molecular weight is 239 g/mol. The number of ether oxygens (including phenoxy) is 1. The number of halogens is 1. The second kappa shape index (κ2) is 5.99. The fraction of sp³-hybridized carbons (Fsp3) is 0.714. The Bertz CT molecular complexity index is 169. The van der Waals surface area contributed by atoms with Gasteiger partial charge in [0.25, 0.3) is 0 Å². The van der Waals surface area contributed by atoms with Crippen LogP contribution in [0.2, 0.25) is 0 Å². The van der Waals surface area contributed by atoms with Crippen LogP contribution in [0.15, 0.2) is 0 Å². The van der Waals surface area contributed by atoms with E-state index in [0.29, 0.717) is 12.8 Å². The third-order valence-electron chi connectivity index (χ3n) is 1.33. The lowest BCUT2D eigenvalue weighted by Gasteiger charge is -2.02. The predicted octanol–water partition coefficient (Wildman–Crippen LogP) is 1.18. The normalized spacial score (nSPS) is 12.2. The number of esters is 1. The summed E-state index contributed by atoms with van der Waals surface area (Å²) in [6, 6.07) is 0. The van der Waals surface area contributed by atoms with E-state index in [1.54, 1.807) is 0 Å². The van der Waals surface area contributed by atoms with Gasteiger partial charge in [0, 0.05) is 6.42 Å². The first-order valence-electron chi connectivity index (χ1n) is 3.51. The van der Waals surface area contributed by atoms with Crippen molar-refractivity contribution in [3.05, 3.63) is 0 Å². The fourth-order valence-corrected chi connectivity index (χ4v) is 0.975. The molecule has 0 spiro atoms. The molecular weight excluding hydrogens is 228 g/mol. The molecule has 0 aliphatic rings. The van der Waals surface area contributed by atoms with E-state index < -0.39 is 10.8 Å². The molecule has 0 aromatic heterocycles. The molecule has 0 saturated carbocycles. The van der Waals surface area contributed by atoms with Gasteiger partial charge in [0.15, 0.2) is 0 Å². The van der Waals surface area contributed by atoms with Crippen LogP contribution in [0.5, 0.6) is 0 Å². The van der Waals surface area contributed by atoms with E-state index in [0.717, 1.165) is 0 Å². The van der Waals surface area contributed by atoms with Gasteiger partial charge in [-0.1, -0.05) is 15.9 Å². The summed E-state index contributed by atoms with van der Waals surface area (Å²) >= 11 is 2.96. The number of carboxylic acid groups (broad SMARTS) is 1. The van der Waals surface area contributed by atoms with Gasteiger partial charge in [-0.15, -0.1) is 0 Å². The van der Waals surface area contributed by atoms with Gasteiger partial charge in [0.2, 0.25) is 0 Å². The molecule has 0 saturated heterocycles. The predicted molar refractivity (Wildman–Crippen MR) is 46.2 cm³/mol. The zero-order valence-electron chi connectivity index (χ0n) is 6.75. The first kappa shape index (κ1) is 11.4. The number of hydrogen-bond donors (Lipinski definition) is 1. The molecule has 4 nitrogen and oxygen atoms in total. The lowest BCUT2D eigenvalue weighted by molar-refractivity contribution is -0.141. The second-order valence-corrected chi connectivity index (χ2v) is 3.38. The van der Waals surface area contributed by atoms with Crippen molar-refractivity contribution in [2.24, 2.45) is 0 Å². The molecule has 0 heterocycles. The van der Waals surface area contributed by atoms with Gasteiger partial charge in [0.1, 0.15) is 4.83 Å². The maximum Gasteiger partial charge on any atom is 0.317 e. The number of methoxy groups -OCH3 is 1. The van der Waals surface area contributed by atoms with Crippen LogP contribution in [0.1, 0.15) is 19.3 Å². The maximum absolute atomic E-state index is 10.6. The van der Waals surface area contributed by atoms with Crippen LogP contribution in [0.25, 0.3) is 0 Å². The highest BCUT2D eigenvalue weighted by Gasteiger charge is 2.12. The van der Waals surface area contributed by atoms with Gasteiger partial charge in [-0.25, -0.2) is 0 Å². The second-order valence-electron chi connectivity index (χ2n) is 2.27. The molecular formula is C7H11BrO4. The minimum absolute atomic E-state index is 0.270. The fourth-order valence-electron chi connectivity index (χ4n) is 0.651. The Kier molecular flexibility index (Phi) is 5.70. The van der Waals surface area contributed by atoms with Gasteiger partial charge in [0.05, 0.1) is 7.11 Å². The van der Waals surface area contributed by atoms with Crippen molar-refractivity contribution in [1.82, 2.24) is 0 Å². The topological polar surface area (TPSA) is 63.6 Å². The Labute approximate surface area is 79.0 Å². The van der Waals surface area contributed by atoms with E-state index in [-0.39, 0.29) is 12.4 Å². The largest absolute Gasteiger partial charge is 0.480 e. The number of carboxylic acids is 1. The molecule has 0 amide bonds.